The molecule has 1 aromatic carbocycles. The lowest BCUT2D eigenvalue weighted by atomic mass is 10.2. The number of para-hydroxylation sites is 1. The van der Waals surface area contributed by atoms with Crippen molar-refractivity contribution in [3.05, 3.63) is 46.7 Å². The minimum absolute atomic E-state index is 0.0487. The molecule has 0 saturated carbocycles. The second-order valence-electron chi connectivity index (χ2n) is 5.24. The first kappa shape index (κ1) is 17.0. The van der Waals surface area contributed by atoms with E-state index in [9.17, 15) is 9.59 Å². The summed E-state index contributed by atoms with van der Waals surface area (Å²) >= 11 is 6.11. The average molecular weight is 335 g/mol. The zero-order valence-electron chi connectivity index (χ0n) is 13.1. The van der Waals surface area contributed by atoms with E-state index in [0.717, 1.165) is 5.69 Å². The summed E-state index contributed by atoms with van der Waals surface area (Å²) in [5.74, 6) is -0.632. The lowest BCUT2D eigenvalue weighted by Gasteiger charge is -2.22. The molecule has 0 bridgehead atoms. The Morgan fingerprint density at radius 1 is 1.26 bits per heavy atom. The van der Waals surface area contributed by atoms with Gasteiger partial charge in [-0.3, -0.25) is 14.3 Å². The molecule has 0 radical (unpaired) electrons. The van der Waals surface area contributed by atoms with Crippen molar-refractivity contribution in [3.63, 3.8) is 0 Å². The van der Waals surface area contributed by atoms with Crippen molar-refractivity contribution in [1.82, 2.24) is 9.78 Å². The number of nitrogens with two attached hydrogens (primary N) is 1. The number of halogens is 1. The first-order valence-corrected chi connectivity index (χ1v) is 7.61. The number of benzene rings is 1. The van der Waals surface area contributed by atoms with Gasteiger partial charge in [-0.05, 0) is 26.0 Å². The number of hydrogen-bond acceptors (Lipinski definition) is 3. The third-order valence-electron chi connectivity index (χ3n) is 3.53. The minimum Gasteiger partial charge on any atom is -0.370 e. The molecule has 0 spiro atoms. The number of nitrogens with zero attached hydrogens (tertiary/aromatic N) is 3. The van der Waals surface area contributed by atoms with Crippen molar-refractivity contribution in [2.75, 3.05) is 11.4 Å². The first-order valence-electron chi connectivity index (χ1n) is 7.23. The van der Waals surface area contributed by atoms with Gasteiger partial charge in [-0.2, -0.15) is 5.10 Å². The molecule has 0 saturated heterocycles. The highest BCUT2D eigenvalue weighted by Gasteiger charge is 2.19. The predicted molar refractivity (Wildman–Crippen MR) is 89.3 cm³/mol. The zero-order chi connectivity index (χ0) is 17.0. The van der Waals surface area contributed by atoms with Crippen molar-refractivity contribution in [1.29, 1.82) is 0 Å². The van der Waals surface area contributed by atoms with Crippen LogP contribution in [0.3, 0.4) is 0 Å². The number of aryl methyl sites for hydroxylation is 1. The molecule has 122 valence electrons. The number of rotatable bonds is 6. The van der Waals surface area contributed by atoms with E-state index in [4.69, 9.17) is 17.3 Å². The summed E-state index contributed by atoms with van der Waals surface area (Å²) in [5, 5.41) is 4.82. The van der Waals surface area contributed by atoms with E-state index in [1.54, 1.807) is 11.6 Å². The van der Waals surface area contributed by atoms with Gasteiger partial charge in [-0.15, -0.1) is 0 Å². The van der Waals surface area contributed by atoms with Crippen molar-refractivity contribution in [3.8, 4) is 0 Å². The number of aromatic nitrogens is 2. The summed E-state index contributed by atoms with van der Waals surface area (Å²) in [6, 6.07) is 9.15. The number of carbonyl (C=O) groups excluding carboxylic acids is 2. The molecule has 0 fully saturated rings. The standard InChI is InChI=1S/C16H19ClN4O2/c1-11-16(17)12(2)21(19-11)10-15(23)20(9-8-14(18)22)13-6-4-3-5-7-13/h3-7H,8-10H2,1-2H3,(H2,18,22). The Hall–Kier alpha value is -2.34. The van der Waals surface area contributed by atoms with Crippen LogP contribution < -0.4 is 10.6 Å². The number of anilines is 1. The molecule has 2 rings (SSSR count). The number of carbonyl (C=O) groups is 2. The summed E-state index contributed by atoms with van der Waals surface area (Å²) in [6.07, 6.45) is 0.0957. The summed E-state index contributed by atoms with van der Waals surface area (Å²) in [7, 11) is 0. The molecule has 0 unspecified atom stereocenters. The minimum atomic E-state index is -0.451. The SMILES string of the molecule is Cc1nn(CC(=O)N(CCC(N)=O)c2ccccc2)c(C)c1Cl. The van der Waals surface area contributed by atoms with Crippen LogP contribution in [0.1, 0.15) is 17.8 Å². The average Bonchev–Trinajstić information content (AvgIpc) is 2.75. The maximum Gasteiger partial charge on any atom is 0.248 e. The summed E-state index contributed by atoms with van der Waals surface area (Å²) in [4.78, 5) is 25.3. The zero-order valence-corrected chi connectivity index (χ0v) is 13.9. The molecule has 2 N–H and O–H groups in total. The van der Waals surface area contributed by atoms with Crippen molar-refractivity contribution < 1.29 is 9.59 Å². The lowest BCUT2D eigenvalue weighted by molar-refractivity contribution is -0.119. The largest absolute Gasteiger partial charge is 0.370 e. The van der Waals surface area contributed by atoms with Crippen LogP contribution in [-0.4, -0.2) is 28.1 Å². The second kappa shape index (κ2) is 7.28. The highest BCUT2D eigenvalue weighted by atomic mass is 35.5. The third-order valence-corrected chi connectivity index (χ3v) is 4.08. The Kier molecular flexibility index (Phi) is 5.39. The smallest absolute Gasteiger partial charge is 0.248 e. The molecule has 2 aromatic rings. The molecule has 0 aliphatic rings. The van der Waals surface area contributed by atoms with E-state index in [0.29, 0.717) is 16.4 Å². The fourth-order valence-corrected chi connectivity index (χ4v) is 2.41. The molecule has 1 aromatic heterocycles. The van der Waals surface area contributed by atoms with Gasteiger partial charge in [0, 0.05) is 18.7 Å². The molecule has 7 heteroatoms. The Morgan fingerprint density at radius 3 is 2.43 bits per heavy atom. The van der Waals surface area contributed by atoms with E-state index in [1.807, 2.05) is 37.3 Å². The Labute approximate surface area is 139 Å². The van der Waals surface area contributed by atoms with Crippen LogP contribution in [0.2, 0.25) is 5.02 Å². The lowest BCUT2D eigenvalue weighted by Crippen LogP contribution is -2.36. The van der Waals surface area contributed by atoms with Gasteiger partial charge >= 0.3 is 0 Å². The maximum atomic E-state index is 12.7. The van der Waals surface area contributed by atoms with Gasteiger partial charge in [0.25, 0.3) is 0 Å². The van der Waals surface area contributed by atoms with Crippen molar-refractivity contribution >= 4 is 29.1 Å². The highest BCUT2D eigenvalue weighted by Crippen LogP contribution is 2.20. The molecular weight excluding hydrogens is 316 g/mol. The van der Waals surface area contributed by atoms with Gasteiger partial charge < -0.3 is 10.6 Å². The molecule has 0 atom stereocenters. The molecule has 0 aliphatic heterocycles. The summed E-state index contributed by atoms with van der Waals surface area (Å²) in [6.45, 7) is 3.88. The Morgan fingerprint density at radius 2 is 1.91 bits per heavy atom. The van der Waals surface area contributed by atoms with Crippen molar-refractivity contribution in [2.45, 2.75) is 26.8 Å². The van der Waals surface area contributed by atoms with Crippen LogP contribution in [-0.2, 0) is 16.1 Å². The van der Waals surface area contributed by atoms with E-state index in [2.05, 4.69) is 5.10 Å². The second-order valence-corrected chi connectivity index (χ2v) is 5.62. The predicted octanol–water partition coefficient (Wildman–Crippen LogP) is 2.06. The number of primary amides is 1. The monoisotopic (exact) mass is 334 g/mol. The van der Waals surface area contributed by atoms with E-state index in [1.165, 1.54) is 4.90 Å². The third kappa shape index (κ3) is 4.10. The van der Waals surface area contributed by atoms with Gasteiger partial charge in [0.2, 0.25) is 11.8 Å². The fraction of sp³-hybridized carbons (Fsp3) is 0.312. The Bertz CT molecular complexity index is 712. The van der Waals surface area contributed by atoms with E-state index < -0.39 is 5.91 Å². The van der Waals surface area contributed by atoms with Gasteiger partial charge in [-0.25, -0.2) is 0 Å². The summed E-state index contributed by atoms with van der Waals surface area (Å²) in [5.41, 5.74) is 7.34. The van der Waals surface area contributed by atoms with Crippen LogP contribution in [0.25, 0.3) is 0 Å². The van der Waals surface area contributed by atoms with Gasteiger partial charge in [0.05, 0.1) is 16.4 Å². The van der Waals surface area contributed by atoms with Crippen LogP contribution in [0, 0.1) is 13.8 Å². The number of hydrogen-bond donors (Lipinski definition) is 1. The highest BCUT2D eigenvalue weighted by molar-refractivity contribution is 6.31. The maximum absolute atomic E-state index is 12.7. The van der Waals surface area contributed by atoms with Crippen LogP contribution >= 0.6 is 11.6 Å². The fourth-order valence-electron chi connectivity index (χ4n) is 2.27. The molecule has 23 heavy (non-hydrogen) atoms. The van der Waals surface area contributed by atoms with E-state index in [-0.39, 0.29) is 25.4 Å². The molecular formula is C16H19ClN4O2. The normalized spacial score (nSPS) is 10.6. The number of amides is 2. The van der Waals surface area contributed by atoms with E-state index >= 15 is 0 Å². The quantitative estimate of drug-likeness (QED) is 0.878. The van der Waals surface area contributed by atoms with Crippen LogP contribution in [0.5, 0.6) is 0 Å². The van der Waals surface area contributed by atoms with Gasteiger partial charge in [-0.1, -0.05) is 29.8 Å². The van der Waals surface area contributed by atoms with Crippen LogP contribution in [0.4, 0.5) is 5.69 Å². The van der Waals surface area contributed by atoms with Crippen molar-refractivity contribution in [2.24, 2.45) is 5.73 Å². The van der Waals surface area contributed by atoms with Gasteiger partial charge in [0.1, 0.15) is 6.54 Å². The van der Waals surface area contributed by atoms with Crippen LogP contribution in [0.15, 0.2) is 30.3 Å². The molecule has 2 amide bonds. The first-order chi connectivity index (χ1) is 10.9. The molecule has 6 nitrogen and oxygen atoms in total. The topological polar surface area (TPSA) is 81.2 Å². The molecule has 1 heterocycles. The molecule has 0 aliphatic carbocycles. The van der Waals surface area contributed by atoms with Gasteiger partial charge in [0.15, 0.2) is 0 Å². The Balaban J connectivity index is 2.22. The summed E-state index contributed by atoms with van der Waals surface area (Å²) < 4.78 is 1.57.